The summed E-state index contributed by atoms with van der Waals surface area (Å²) in [4.78, 5) is 27.7. The molecule has 0 aliphatic rings. The van der Waals surface area contributed by atoms with Crippen molar-refractivity contribution in [1.29, 1.82) is 0 Å². The number of carbonyl (C=O) groups is 1. The molecule has 0 bridgehead atoms. The number of nitrogens with one attached hydrogen (secondary N) is 2. The summed E-state index contributed by atoms with van der Waals surface area (Å²) in [6, 6.07) is 1.26. The number of anilines is 1. The molecular formula is C7H10N4O2. The summed E-state index contributed by atoms with van der Waals surface area (Å²) < 4.78 is 0. The van der Waals surface area contributed by atoms with Gasteiger partial charge in [0.25, 0.3) is 5.56 Å². The van der Waals surface area contributed by atoms with Crippen LogP contribution in [0.1, 0.15) is 5.82 Å². The van der Waals surface area contributed by atoms with Crippen molar-refractivity contribution in [1.82, 2.24) is 9.97 Å². The summed E-state index contributed by atoms with van der Waals surface area (Å²) >= 11 is 0. The van der Waals surface area contributed by atoms with Gasteiger partial charge in [0.15, 0.2) is 0 Å². The topological polar surface area (TPSA) is 101 Å². The number of primary amides is 1. The minimum Gasteiger partial charge on any atom is -0.368 e. The second-order valence-corrected chi connectivity index (χ2v) is 2.54. The van der Waals surface area contributed by atoms with E-state index in [2.05, 4.69) is 15.3 Å². The van der Waals surface area contributed by atoms with Crippen molar-refractivity contribution in [3.63, 3.8) is 0 Å². The van der Waals surface area contributed by atoms with Gasteiger partial charge in [-0.2, -0.15) is 0 Å². The van der Waals surface area contributed by atoms with Crippen LogP contribution in [0.25, 0.3) is 0 Å². The maximum Gasteiger partial charge on any atom is 0.252 e. The Bertz CT molecular complexity index is 371. The van der Waals surface area contributed by atoms with Crippen molar-refractivity contribution >= 4 is 11.7 Å². The molecule has 0 radical (unpaired) electrons. The van der Waals surface area contributed by atoms with E-state index in [9.17, 15) is 9.59 Å². The number of nitrogens with two attached hydrogens (primary N) is 1. The molecule has 0 atom stereocenters. The van der Waals surface area contributed by atoms with Crippen LogP contribution in [-0.2, 0) is 4.79 Å². The Labute approximate surface area is 74.2 Å². The second-order valence-electron chi connectivity index (χ2n) is 2.54. The highest BCUT2D eigenvalue weighted by molar-refractivity contribution is 5.78. The number of carbonyl (C=O) groups excluding carboxylic acids is 1. The Morgan fingerprint density at radius 3 is 3.00 bits per heavy atom. The third-order valence-electron chi connectivity index (χ3n) is 1.30. The van der Waals surface area contributed by atoms with Crippen molar-refractivity contribution in [2.75, 3.05) is 11.9 Å². The molecule has 0 spiro atoms. The van der Waals surface area contributed by atoms with E-state index >= 15 is 0 Å². The SMILES string of the molecule is Cc1nc(NCC(N)=O)cc(=O)[nH]1. The summed E-state index contributed by atoms with van der Waals surface area (Å²) in [6.07, 6.45) is 0. The molecule has 1 aromatic rings. The van der Waals surface area contributed by atoms with Gasteiger partial charge in [0.2, 0.25) is 5.91 Å². The zero-order valence-electron chi connectivity index (χ0n) is 7.13. The fourth-order valence-corrected chi connectivity index (χ4v) is 0.848. The first-order valence-electron chi connectivity index (χ1n) is 3.68. The average Bonchev–Trinajstić information content (AvgIpc) is 1.99. The first kappa shape index (κ1) is 9.24. The summed E-state index contributed by atoms with van der Waals surface area (Å²) in [5, 5.41) is 2.62. The monoisotopic (exact) mass is 182 g/mol. The van der Waals surface area contributed by atoms with E-state index < -0.39 is 5.91 Å². The van der Waals surface area contributed by atoms with Gasteiger partial charge in [0.05, 0.1) is 6.54 Å². The molecule has 0 unspecified atom stereocenters. The standard InChI is InChI=1S/C7H10N4O2/c1-4-10-6(2-7(13)11-4)9-3-5(8)12/h2H,3H2,1H3,(H2,8,12)(H2,9,10,11,13). The summed E-state index contributed by atoms with van der Waals surface area (Å²) in [6.45, 7) is 1.62. The van der Waals surface area contributed by atoms with E-state index in [-0.39, 0.29) is 12.1 Å². The molecule has 1 aromatic heterocycles. The van der Waals surface area contributed by atoms with Crippen LogP contribution < -0.4 is 16.6 Å². The Kier molecular flexibility index (Phi) is 2.63. The molecule has 0 aromatic carbocycles. The number of hydrogen-bond acceptors (Lipinski definition) is 4. The highest BCUT2D eigenvalue weighted by Gasteiger charge is 1.98. The Balaban J connectivity index is 2.77. The molecule has 70 valence electrons. The maximum atomic E-state index is 10.9. The molecule has 0 saturated heterocycles. The molecule has 4 N–H and O–H groups in total. The van der Waals surface area contributed by atoms with Crippen LogP contribution in [0.3, 0.4) is 0 Å². The largest absolute Gasteiger partial charge is 0.368 e. The molecule has 1 heterocycles. The van der Waals surface area contributed by atoms with E-state index in [0.29, 0.717) is 11.6 Å². The molecule has 0 saturated carbocycles. The van der Waals surface area contributed by atoms with E-state index in [0.717, 1.165) is 0 Å². The lowest BCUT2D eigenvalue weighted by atomic mass is 10.5. The maximum absolute atomic E-state index is 10.9. The predicted molar refractivity (Wildman–Crippen MR) is 47.3 cm³/mol. The lowest BCUT2D eigenvalue weighted by molar-refractivity contribution is -0.116. The number of rotatable bonds is 3. The van der Waals surface area contributed by atoms with Gasteiger partial charge in [0, 0.05) is 6.07 Å². The molecule has 6 heteroatoms. The van der Waals surface area contributed by atoms with Crippen molar-refractivity contribution in [2.24, 2.45) is 5.73 Å². The number of amides is 1. The average molecular weight is 182 g/mol. The van der Waals surface area contributed by atoms with Crippen LogP contribution in [0.4, 0.5) is 5.82 Å². The van der Waals surface area contributed by atoms with Crippen molar-refractivity contribution < 1.29 is 4.79 Å². The van der Waals surface area contributed by atoms with Crippen LogP contribution in [0.15, 0.2) is 10.9 Å². The van der Waals surface area contributed by atoms with Gasteiger partial charge in [-0.3, -0.25) is 9.59 Å². The molecule has 1 rings (SSSR count). The van der Waals surface area contributed by atoms with Crippen molar-refractivity contribution in [3.8, 4) is 0 Å². The first-order chi connectivity index (χ1) is 6.08. The van der Waals surface area contributed by atoms with Gasteiger partial charge in [-0.15, -0.1) is 0 Å². The van der Waals surface area contributed by atoms with Crippen molar-refractivity contribution in [3.05, 3.63) is 22.2 Å². The minimum absolute atomic E-state index is 0.0319. The number of aromatic amines is 1. The van der Waals surface area contributed by atoms with Gasteiger partial charge >= 0.3 is 0 Å². The third kappa shape index (κ3) is 2.94. The number of nitrogens with zero attached hydrogens (tertiary/aromatic N) is 1. The summed E-state index contributed by atoms with van der Waals surface area (Å²) in [5.41, 5.74) is 4.64. The van der Waals surface area contributed by atoms with Gasteiger partial charge in [-0.25, -0.2) is 4.98 Å². The molecule has 6 nitrogen and oxygen atoms in total. The minimum atomic E-state index is -0.500. The predicted octanol–water partition coefficient (Wildman–Crippen LogP) is -1.02. The van der Waals surface area contributed by atoms with Gasteiger partial charge in [-0.1, -0.05) is 0 Å². The highest BCUT2D eigenvalue weighted by Crippen LogP contribution is 1.95. The van der Waals surface area contributed by atoms with Gasteiger partial charge in [-0.05, 0) is 6.92 Å². The molecule has 0 aliphatic carbocycles. The van der Waals surface area contributed by atoms with E-state index in [4.69, 9.17) is 5.73 Å². The van der Waals surface area contributed by atoms with Crippen molar-refractivity contribution in [2.45, 2.75) is 6.92 Å². The quantitative estimate of drug-likeness (QED) is 0.556. The molecule has 13 heavy (non-hydrogen) atoms. The molecule has 1 amide bonds. The Hall–Kier alpha value is -1.85. The Morgan fingerprint density at radius 2 is 2.46 bits per heavy atom. The second kappa shape index (κ2) is 3.70. The zero-order chi connectivity index (χ0) is 9.84. The molecular weight excluding hydrogens is 172 g/mol. The first-order valence-corrected chi connectivity index (χ1v) is 3.68. The summed E-state index contributed by atoms with van der Waals surface area (Å²) in [5.74, 6) is 0.333. The third-order valence-corrected chi connectivity index (χ3v) is 1.30. The summed E-state index contributed by atoms with van der Waals surface area (Å²) in [7, 11) is 0. The van der Waals surface area contributed by atoms with Gasteiger partial charge in [0.1, 0.15) is 11.6 Å². The van der Waals surface area contributed by atoms with Crippen LogP contribution in [0.5, 0.6) is 0 Å². The fourth-order valence-electron chi connectivity index (χ4n) is 0.848. The number of aryl methyl sites for hydroxylation is 1. The molecule has 0 fully saturated rings. The number of aromatic nitrogens is 2. The normalized spacial score (nSPS) is 9.62. The molecule has 0 aliphatic heterocycles. The number of H-pyrrole nitrogens is 1. The van der Waals surface area contributed by atoms with E-state index in [1.165, 1.54) is 6.07 Å². The lowest BCUT2D eigenvalue weighted by Crippen LogP contribution is -2.23. The van der Waals surface area contributed by atoms with E-state index in [1.54, 1.807) is 6.92 Å². The lowest BCUT2D eigenvalue weighted by Gasteiger charge is -2.02. The van der Waals surface area contributed by atoms with Gasteiger partial charge < -0.3 is 16.0 Å². The van der Waals surface area contributed by atoms with Crippen LogP contribution in [0, 0.1) is 6.92 Å². The smallest absolute Gasteiger partial charge is 0.252 e. The zero-order valence-corrected chi connectivity index (χ0v) is 7.13. The van der Waals surface area contributed by atoms with Crippen LogP contribution in [-0.4, -0.2) is 22.4 Å². The van der Waals surface area contributed by atoms with E-state index in [1.807, 2.05) is 0 Å². The van der Waals surface area contributed by atoms with Crippen LogP contribution >= 0.6 is 0 Å². The Morgan fingerprint density at radius 1 is 1.77 bits per heavy atom. The van der Waals surface area contributed by atoms with Crippen LogP contribution in [0.2, 0.25) is 0 Å². The fraction of sp³-hybridized carbons (Fsp3) is 0.286. The number of hydrogen-bond donors (Lipinski definition) is 3. The highest BCUT2D eigenvalue weighted by atomic mass is 16.1.